The van der Waals surface area contributed by atoms with Gasteiger partial charge in [-0.3, -0.25) is 9.59 Å². The molecule has 0 saturated heterocycles. The summed E-state index contributed by atoms with van der Waals surface area (Å²) >= 11 is 0. The lowest BCUT2D eigenvalue weighted by Crippen LogP contribution is -2.43. The molecular formula is C28H31N3O5. The van der Waals surface area contributed by atoms with Crippen LogP contribution in [0.4, 0.5) is 0 Å². The lowest BCUT2D eigenvalue weighted by Gasteiger charge is -2.32. The molecule has 8 nitrogen and oxygen atoms in total. The number of aryl methyl sites for hydroxylation is 2. The maximum absolute atomic E-state index is 13.7. The standard InChI is InChI=1S/C28H31N3O5/c1-6-28(34)19-11-20-24-18(13-31(20)27(33)16(19)7-8-21(28)32)17(12-30(4)5)22-14(2)25-26(36-10-9-35-25)15(3)23(22)29-24/h11,34H,6-10,12-13H2,1-5H3/t28-/m0/s1. The topological polar surface area (TPSA) is 93.9 Å². The van der Waals surface area contributed by atoms with Gasteiger partial charge in [0.1, 0.15) is 18.8 Å². The van der Waals surface area contributed by atoms with E-state index in [0.717, 1.165) is 50.3 Å². The fraction of sp³-hybridized carbons (Fsp3) is 0.464. The van der Waals surface area contributed by atoms with Crippen molar-refractivity contribution in [3.05, 3.63) is 49.8 Å². The molecule has 1 aromatic carbocycles. The van der Waals surface area contributed by atoms with E-state index in [4.69, 9.17) is 14.5 Å². The van der Waals surface area contributed by atoms with E-state index in [0.29, 0.717) is 49.5 Å². The summed E-state index contributed by atoms with van der Waals surface area (Å²) in [6, 6.07) is 1.83. The highest BCUT2D eigenvalue weighted by atomic mass is 16.6. The van der Waals surface area contributed by atoms with Gasteiger partial charge in [0, 0.05) is 46.2 Å². The Hall–Kier alpha value is -3.23. The summed E-state index contributed by atoms with van der Waals surface area (Å²) in [5.41, 5.74) is 5.44. The largest absolute Gasteiger partial charge is 0.486 e. The second kappa shape index (κ2) is 7.88. The van der Waals surface area contributed by atoms with E-state index in [-0.39, 0.29) is 24.2 Å². The van der Waals surface area contributed by atoms with Crippen LogP contribution in [0.25, 0.3) is 22.3 Å². The molecule has 2 aliphatic heterocycles. The number of ketones is 1. The molecule has 4 heterocycles. The molecule has 188 valence electrons. The summed E-state index contributed by atoms with van der Waals surface area (Å²) in [5, 5.41) is 12.3. The van der Waals surface area contributed by atoms with Crippen molar-refractivity contribution in [3.63, 3.8) is 0 Å². The lowest BCUT2D eigenvalue weighted by atomic mass is 9.77. The Bertz CT molecular complexity index is 1540. The Labute approximate surface area is 209 Å². The van der Waals surface area contributed by atoms with Gasteiger partial charge in [0.15, 0.2) is 17.3 Å². The summed E-state index contributed by atoms with van der Waals surface area (Å²) in [7, 11) is 4.05. The average molecular weight is 490 g/mol. The number of aliphatic hydroxyl groups is 1. The number of fused-ring (bicyclic) bond motifs is 6. The number of Topliss-reactive ketones (excluding diaryl/α,β-unsaturated/α-hetero) is 1. The number of carbonyl (C=O) groups excluding carboxylic acids is 1. The summed E-state index contributed by atoms with van der Waals surface area (Å²) in [5.74, 6) is 1.26. The number of nitrogens with zero attached hydrogens (tertiary/aromatic N) is 3. The van der Waals surface area contributed by atoms with Crippen LogP contribution in [-0.4, -0.2) is 52.6 Å². The predicted octanol–water partition coefficient (Wildman–Crippen LogP) is 2.99. The normalized spacial score (nSPS) is 20.0. The van der Waals surface area contributed by atoms with E-state index in [1.54, 1.807) is 11.5 Å². The SMILES string of the molecule is CC[C@@]1(O)C(=O)CCc2c1cc1n(c2=O)Cc2c-1nc1c(C)c3c(c(C)c1c2CN(C)C)OCCO3. The average Bonchev–Trinajstić information content (AvgIpc) is 3.24. The number of aromatic nitrogens is 2. The van der Waals surface area contributed by atoms with E-state index >= 15 is 0 Å². The highest BCUT2D eigenvalue weighted by Crippen LogP contribution is 2.47. The van der Waals surface area contributed by atoms with Gasteiger partial charge < -0.3 is 24.0 Å². The second-order valence-electron chi connectivity index (χ2n) is 10.4. The third kappa shape index (κ3) is 2.97. The highest BCUT2D eigenvalue weighted by Gasteiger charge is 2.43. The van der Waals surface area contributed by atoms with Gasteiger partial charge in [-0.25, -0.2) is 4.98 Å². The quantitative estimate of drug-likeness (QED) is 0.473. The van der Waals surface area contributed by atoms with Crippen LogP contribution in [0, 0.1) is 13.8 Å². The van der Waals surface area contributed by atoms with E-state index in [1.807, 2.05) is 34.0 Å². The van der Waals surface area contributed by atoms with Crippen LogP contribution in [-0.2, 0) is 29.9 Å². The molecule has 0 saturated carbocycles. The molecular weight excluding hydrogens is 458 g/mol. The molecule has 36 heavy (non-hydrogen) atoms. The van der Waals surface area contributed by atoms with Crippen molar-refractivity contribution in [2.24, 2.45) is 0 Å². The zero-order valence-corrected chi connectivity index (χ0v) is 21.4. The van der Waals surface area contributed by atoms with Crippen LogP contribution in [0.15, 0.2) is 10.9 Å². The number of ether oxygens (including phenoxy) is 2. The van der Waals surface area contributed by atoms with Gasteiger partial charge in [0.05, 0.1) is 23.4 Å². The van der Waals surface area contributed by atoms with Gasteiger partial charge in [-0.1, -0.05) is 6.92 Å². The molecule has 0 bridgehead atoms. The Morgan fingerprint density at radius 3 is 2.44 bits per heavy atom. The lowest BCUT2D eigenvalue weighted by molar-refractivity contribution is -0.140. The third-order valence-electron chi connectivity index (χ3n) is 8.06. The van der Waals surface area contributed by atoms with Crippen LogP contribution in [0.2, 0.25) is 0 Å². The van der Waals surface area contributed by atoms with Crippen LogP contribution in [0.3, 0.4) is 0 Å². The van der Waals surface area contributed by atoms with Gasteiger partial charge >= 0.3 is 0 Å². The van der Waals surface area contributed by atoms with Crippen molar-refractivity contribution in [3.8, 4) is 22.9 Å². The summed E-state index contributed by atoms with van der Waals surface area (Å²) in [4.78, 5) is 33.7. The van der Waals surface area contributed by atoms with E-state index in [9.17, 15) is 14.7 Å². The van der Waals surface area contributed by atoms with Gasteiger partial charge in [-0.05, 0) is 52.4 Å². The number of carbonyl (C=O) groups is 1. The first-order valence-corrected chi connectivity index (χ1v) is 12.6. The molecule has 0 amide bonds. The van der Waals surface area contributed by atoms with E-state index in [2.05, 4.69) is 4.90 Å². The zero-order chi connectivity index (χ0) is 25.5. The molecule has 1 atom stereocenters. The minimum Gasteiger partial charge on any atom is -0.486 e. The number of pyridine rings is 2. The predicted molar refractivity (Wildman–Crippen MR) is 136 cm³/mol. The Morgan fingerprint density at radius 2 is 1.78 bits per heavy atom. The Balaban J connectivity index is 1.70. The van der Waals surface area contributed by atoms with Gasteiger partial charge in [-0.2, -0.15) is 0 Å². The number of rotatable bonds is 3. The Morgan fingerprint density at radius 1 is 1.08 bits per heavy atom. The van der Waals surface area contributed by atoms with Gasteiger partial charge in [-0.15, -0.1) is 0 Å². The van der Waals surface area contributed by atoms with Crippen molar-refractivity contribution in [1.29, 1.82) is 0 Å². The molecule has 6 rings (SSSR count). The summed E-state index contributed by atoms with van der Waals surface area (Å²) in [6.45, 7) is 7.90. The zero-order valence-electron chi connectivity index (χ0n) is 21.4. The Kier molecular flexibility index (Phi) is 5.08. The minimum absolute atomic E-state index is 0.140. The monoisotopic (exact) mass is 489 g/mol. The molecule has 0 unspecified atom stereocenters. The van der Waals surface area contributed by atoms with Crippen LogP contribution in [0.5, 0.6) is 11.5 Å². The fourth-order valence-corrected chi connectivity index (χ4v) is 6.21. The highest BCUT2D eigenvalue weighted by molar-refractivity contribution is 5.96. The van der Waals surface area contributed by atoms with Crippen molar-refractivity contribution in [2.45, 2.75) is 58.7 Å². The van der Waals surface area contributed by atoms with Crippen LogP contribution >= 0.6 is 0 Å². The first-order valence-electron chi connectivity index (χ1n) is 12.6. The summed E-state index contributed by atoms with van der Waals surface area (Å²) in [6.07, 6.45) is 0.760. The molecule has 0 fully saturated rings. The summed E-state index contributed by atoms with van der Waals surface area (Å²) < 4.78 is 13.8. The molecule has 3 aromatic rings. The van der Waals surface area contributed by atoms with Crippen LogP contribution < -0.4 is 15.0 Å². The first-order chi connectivity index (χ1) is 17.2. The maximum Gasteiger partial charge on any atom is 0.254 e. The van der Waals surface area contributed by atoms with Gasteiger partial charge in [0.25, 0.3) is 5.56 Å². The van der Waals surface area contributed by atoms with E-state index in [1.165, 1.54) is 0 Å². The van der Waals surface area contributed by atoms with Crippen molar-refractivity contribution < 1.29 is 19.4 Å². The molecule has 0 radical (unpaired) electrons. The third-order valence-corrected chi connectivity index (χ3v) is 8.06. The van der Waals surface area contributed by atoms with E-state index < -0.39 is 5.60 Å². The maximum atomic E-state index is 13.7. The molecule has 1 aliphatic carbocycles. The number of hydrogen-bond acceptors (Lipinski definition) is 7. The fourth-order valence-electron chi connectivity index (χ4n) is 6.21. The molecule has 8 heteroatoms. The van der Waals surface area contributed by atoms with Gasteiger partial charge in [0.2, 0.25) is 0 Å². The van der Waals surface area contributed by atoms with Crippen molar-refractivity contribution in [1.82, 2.24) is 14.5 Å². The molecule has 1 N–H and O–H groups in total. The number of hydrogen-bond donors (Lipinski definition) is 1. The number of benzene rings is 1. The smallest absolute Gasteiger partial charge is 0.254 e. The second-order valence-corrected chi connectivity index (χ2v) is 10.4. The van der Waals surface area contributed by atoms with Crippen molar-refractivity contribution in [2.75, 3.05) is 27.3 Å². The molecule has 0 spiro atoms. The molecule has 2 aromatic heterocycles. The van der Waals surface area contributed by atoms with Crippen molar-refractivity contribution >= 4 is 16.7 Å². The first kappa shape index (κ1) is 23.2. The minimum atomic E-state index is -1.63. The molecule has 3 aliphatic rings. The van der Waals surface area contributed by atoms with Crippen LogP contribution in [0.1, 0.15) is 53.1 Å².